The van der Waals surface area contributed by atoms with Crippen molar-refractivity contribution in [1.82, 2.24) is 0 Å². The Kier molecular flexibility index (Phi) is 10.0. The zero-order chi connectivity index (χ0) is 27.6. The van der Waals surface area contributed by atoms with Gasteiger partial charge in [0.05, 0.1) is 18.5 Å². The number of methoxy groups -OCH3 is 1. The predicted octanol–water partition coefficient (Wildman–Crippen LogP) is 3.71. The number of carbonyl (C=O) groups is 1. The standard InChI is InChI=1S/C26H21Cl2N3O6S.Na/c1-3-14-10-17(28)13-22(38(34,35)36)23(14)30-31-24-18-7-5-4-6-15(18)11-19(25(24)32)26(33)29-20-9-8-16(27)12-21(20)37-2;/h4-13,32H,3H2,1-2H3,(H,29,33)(H,34,35,36);/q;+1/p-1. The normalized spacial score (nSPS) is 11.4. The van der Waals surface area contributed by atoms with Crippen LogP contribution in [0.15, 0.2) is 75.8 Å². The summed E-state index contributed by atoms with van der Waals surface area (Å²) >= 11 is 12.0. The van der Waals surface area contributed by atoms with Crippen molar-refractivity contribution in [2.24, 2.45) is 10.2 Å². The number of nitrogens with one attached hydrogen (secondary N) is 1. The van der Waals surface area contributed by atoms with Gasteiger partial charge in [-0.05, 0) is 47.7 Å². The van der Waals surface area contributed by atoms with E-state index in [1.807, 2.05) is 0 Å². The summed E-state index contributed by atoms with van der Waals surface area (Å²) in [5.74, 6) is -1.16. The van der Waals surface area contributed by atoms with Gasteiger partial charge in [-0.25, -0.2) is 0 Å². The number of anilines is 1. The van der Waals surface area contributed by atoms with Crippen LogP contribution in [0.5, 0.6) is 11.5 Å². The summed E-state index contributed by atoms with van der Waals surface area (Å²) < 4.78 is 39.0. The summed E-state index contributed by atoms with van der Waals surface area (Å²) in [7, 11) is -3.30. The van der Waals surface area contributed by atoms with Crippen LogP contribution in [0.2, 0.25) is 10.0 Å². The molecule has 0 aromatic heterocycles. The van der Waals surface area contributed by atoms with Crippen LogP contribution in [0.3, 0.4) is 0 Å². The number of halogens is 2. The number of fused-ring (bicyclic) bond motifs is 1. The Morgan fingerprint density at radius 3 is 2.38 bits per heavy atom. The number of rotatable bonds is 7. The quantitative estimate of drug-likeness (QED) is 0.189. The number of hydrogen-bond acceptors (Lipinski definition) is 7. The monoisotopic (exact) mass is 595 g/mol. The summed E-state index contributed by atoms with van der Waals surface area (Å²) in [6, 6.07) is 15.3. The second-order valence-corrected chi connectivity index (χ2v) is 10.3. The van der Waals surface area contributed by atoms with Crippen molar-refractivity contribution >= 4 is 67.1 Å². The van der Waals surface area contributed by atoms with Crippen LogP contribution in [-0.2, 0) is 16.5 Å². The Balaban J connectivity index is 0.00000420. The van der Waals surface area contributed by atoms with Crippen LogP contribution >= 0.6 is 23.2 Å². The summed E-state index contributed by atoms with van der Waals surface area (Å²) in [5, 5.41) is 25.7. The van der Waals surface area contributed by atoms with Crippen molar-refractivity contribution in [1.29, 1.82) is 0 Å². The van der Waals surface area contributed by atoms with Crippen LogP contribution in [0.4, 0.5) is 17.1 Å². The largest absolute Gasteiger partial charge is 1.00 e. The molecule has 0 atom stereocenters. The minimum absolute atomic E-state index is 0. The van der Waals surface area contributed by atoms with Gasteiger partial charge >= 0.3 is 29.6 Å². The van der Waals surface area contributed by atoms with Crippen LogP contribution in [-0.4, -0.2) is 26.0 Å². The third-order valence-corrected chi connectivity index (χ3v) is 6.98. The van der Waals surface area contributed by atoms with Crippen LogP contribution < -0.4 is 44.7 Å². The fourth-order valence-electron chi connectivity index (χ4n) is 3.84. The van der Waals surface area contributed by atoms with E-state index in [4.69, 9.17) is 27.9 Å². The molecular weight excluding hydrogens is 576 g/mol. The number of amides is 1. The van der Waals surface area contributed by atoms with Gasteiger partial charge in [0.1, 0.15) is 16.3 Å². The topological polar surface area (TPSA) is 140 Å². The first-order chi connectivity index (χ1) is 18.0. The molecule has 0 aliphatic heterocycles. The maximum absolute atomic E-state index is 13.5. The number of aryl methyl sites for hydroxylation is 1. The SMILES string of the molecule is CCc1cc(Cl)cc(S(=O)(=O)O)c1N=Nc1c([O-])c(C(=O)Nc2ccc(Cl)cc2OC)cc2ccccc12.[Na+]. The molecule has 0 bridgehead atoms. The zero-order valence-corrected chi connectivity index (χ0v) is 25.4. The summed E-state index contributed by atoms with van der Waals surface area (Å²) in [4.78, 5) is 12.6. The molecule has 4 aromatic carbocycles. The van der Waals surface area contributed by atoms with Crippen LogP contribution in [0.25, 0.3) is 10.8 Å². The second kappa shape index (κ2) is 12.6. The summed E-state index contributed by atoms with van der Waals surface area (Å²) in [6.07, 6.45) is 0.313. The first-order valence-electron chi connectivity index (χ1n) is 11.1. The number of benzene rings is 4. The fraction of sp³-hybridized carbons (Fsp3) is 0.115. The number of hydrogen-bond donors (Lipinski definition) is 2. The molecule has 0 aliphatic carbocycles. The molecule has 0 radical (unpaired) electrons. The van der Waals surface area contributed by atoms with Crippen molar-refractivity contribution in [3.05, 3.63) is 81.8 Å². The minimum atomic E-state index is -4.71. The third kappa shape index (κ3) is 6.72. The van der Waals surface area contributed by atoms with Crippen LogP contribution in [0.1, 0.15) is 22.8 Å². The first kappa shape index (κ1) is 30.8. The van der Waals surface area contributed by atoms with Gasteiger partial charge in [0.2, 0.25) is 0 Å². The number of nitrogens with zero attached hydrogens (tertiary/aromatic N) is 2. The average molecular weight is 596 g/mol. The number of ether oxygens (including phenoxy) is 1. The van der Waals surface area contributed by atoms with E-state index >= 15 is 0 Å². The van der Waals surface area contributed by atoms with E-state index in [1.54, 1.807) is 37.3 Å². The van der Waals surface area contributed by atoms with Crippen molar-refractivity contribution in [2.45, 2.75) is 18.2 Å². The molecule has 9 nitrogen and oxygen atoms in total. The summed E-state index contributed by atoms with van der Waals surface area (Å²) in [6.45, 7) is 1.74. The van der Waals surface area contributed by atoms with E-state index in [-0.39, 0.29) is 51.5 Å². The van der Waals surface area contributed by atoms with Crippen molar-refractivity contribution in [3.8, 4) is 11.5 Å². The Morgan fingerprint density at radius 2 is 1.72 bits per heavy atom. The van der Waals surface area contributed by atoms with Gasteiger partial charge in [-0.1, -0.05) is 60.1 Å². The van der Waals surface area contributed by atoms with Gasteiger partial charge in [0.25, 0.3) is 16.0 Å². The molecule has 0 heterocycles. The number of azo groups is 1. The van der Waals surface area contributed by atoms with E-state index in [9.17, 15) is 22.9 Å². The van der Waals surface area contributed by atoms with Crippen molar-refractivity contribution < 1.29 is 57.2 Å². The molecule has 39 heavy (non-hydrogen) atoms. The molecule has 1 amide bonds. The molecule has 0 fully saturated rings. The molecule has 2 N–H and O–H groups in total. The van der Waals surface area contributed by atoms with E-state index in [1.165, 1.54) is 31.4 Å². The van der Waals surface area contributed by atoms with Gasteiger partial charge in [0.15, 0.2) is 0 Å². The molecule has 0 saturated carbocycles. The second-order valence-electron chi connectivity index (χ2n) is 8.06. The first-order valence-corrected chi connectivity index (χ1v) is 13.3. The Morgan fingerprint density at radius 1 is 1.03 bits per heavy atom. The Labute approximate surface area is 256 Å². The molecule has 196 valence electrons. The molecule has 13 heteroatoms. The van der Waals surface area contributed by atoms with Gasteiger partial charge in [-0.15, -0.1) is 5.11 Å². The maximum atomic E-state index is 13.5. The molecule has 0 aliphatic rings. The van der Waals surface area contributed by atoms with Gasteiger partial charge in [-0.2, -0.15) is 13.5 Å². The zero-order valence-electron chi connectivity index (χ0n) is 21.0. The van der Waals surface area contributed by atoms with E-state index in [0.717, 1.165) is 6.07 Å². The maximum Gasteiger partial charge on any atom is 1.00 e. The Bertz CT molecular complexity index is 1710. The minimum Gasteiger partial charge on any atom is -0.870 e. The summed E-state index contributed by atoms with van der Waals surface area (Å²) in [5.41, 5.74) is 0.105. The molecule has 4 aromatic rings. The molecule has 0 saturated heterocycles. The van der Waals surface area contributed by atoms with Gasteiger partial charge in [0, 0.05) is 27.1 Å². The molecule has 0 unspecified atom stereocenters. The van der Waals surface area contributed by atoms with E-state index < -0.39 is 26.7 Å². The van der Waals surface area contributed by atoms with Crippen LogP contribution in [0, 0.1) is 0 Å². The average Bonchev–Trinajstić information content (AvgIpc) is 2.88. The van der Waals surface area contributed by atoms with E-state index in [0.29, 0.717) is 39.2 Å². The Hall–Kier alpha value is -2.70. The smallest absolute Gasteiger partial charge is 0.870 e. The van der Waals surface area contributed by atoms with Gasteiger partial charge < -0.3 is 15.2 Å². The fourth-order valence-corrected chi connectivity index (χ4v) is 5.00. The third-order valence-electron chi connectivity index (χ3n) is 5.66. The predicted molar refractivity (Wildman–Crippen MR) is 144 cm³/mol. The molecular formula is C26H20Cl2N3NaO6S. The van der Waals surface area contributed by atoms with Gasteiger partial charge in [-0.3, -0.25) is 9.35 Å². The van der Waals surface area contributed by atoms with Crippen molar-refractivity contribution in [2.75, 3.05) is 12.4 Å². The molecule has 0 spiro atoms. The molecule has 4 rings (SSSR count). The van der Waals surface area contributed by atoms with Crippen molar-refractivity contribution in [3.63, 3.8) is 0 Å². The number of carbonyl (C=O) groups excluding carboxylic acids is 1. The van der Waals surface area contributed by atoms with E-state index in [2.05, 4.69) is 15.5 Å².